The fourth-order valence-corrected chi connectivity index (χ4v) is 2.61. The van der Waals surface area contributed by atoms with Crippen LogP contribution in [-0.4, -0.2) is 16.7 Å². The van der Waals surface area contributed by atoms with Gasteiger partial charge in [0.1, 0.15) is 11.3 Å². The number of carbonyl (C=O) groups is 1. The van der Waals surface area contributed by atoms with Crippen molar-refractivity contribution in [1.29, 1.82) is 0 Å². The van der Waals surface area contributed by atoms with Gasteiger partial charge in [0.25, 0.3) is 0 Å². The summed E-state index contributed by atoms with van der Waals surface area (Å²) in [6.45, 7) is 3.90. The monoisotopic (exact) mass is 381 g/mol. The molecule has 0 heterocycles. The predicted molar refractivity (Wildman–Crippen MR) is 105 cm³/mol. The van der Waals surface area contributed by atoms with Crippen LogP contribution in [0.1, 0.15) is 27.0 Å². The highest BCUT2D eigenvalue weighted by Gasteiger charge is 2.22. The first-order valence-electron chi connectivity index (χ1n) is 8.31. The van der Waals surface area contributed by atoms with E-state index in [1.165, 1.54) is 12.1 Å². The second-order valence-corrected chi connectivity index (χ2v) is 6.52. The Morgan fingerprint density at radius 3 is 1.96 bits per heavy atom. The minimum absolute atomic E-state index is 0.203. The number of hydrogen-bond acceptors (Lipinski definition) is 3. The van der Waals surface area contributed by atoms with Crippen LogP contribution >= 0.6 is 11.6 Å². The molecule has 0 aliphatic heterocycles. The summed E-state index contributed by atoms with van der Waals surface area (Å²) < 4.78 is 10.7. The van der Waals surface area contributed by atoms with Gasteiger partial charge in [0, 0.05) is 18.2 Å². The van der Waals surface area contributed by atoms with Crippen molar-refractivity contribution in [3.63, 3.8) is 0 Å². The van der Waals surface area contributed by atoms with Gasteiger partial charge in [-0.3, -0.25) is 4.74 Å². The molecule has 3 aromatic rings. The summed E-state index contributed by atoms with van der Waals surface area (Å²) in [6.07, 6.45) is 0. The van der Waals surface area contributed by atoms with Gasteiger partial charge in [0.2, 0.25) is 5.75 Å². The molecule has 0 amide bonds. The van der Waals surface area contributed by atoms with Gasteiger partial charge in [-0.2, -0.15) is 0 Å². The Morgan fingerprint density at radius 1 is 0.815 bits per heavy atom. The zero-order chi connectivity index (χ0) is 19.4. The number of hydrogen-bond donors (Lipinski definition) is 0. The zero-order valence-electron chi connectivity index (χ0n) is 14.9. The molecule has 5 heteroatoms. The third-order valence-electron chi connectivity index (χ3n) is 3.90. The highest BCUT2D eigenvalue weighted by atomic mass is 35.5. The van der Waals surface area contributed by atoms with E-state index in [4.69, 9.17) is 21.1 Å². The topological polar surface area (TPSA) is 56.9 Å². The summed E-state index contributed by atoms with van der Waals surface area (Å²) in [7, 11) is 0. The van der Waals surface area contributed by atoms with Gasteiger partial charge in [-0.05, 0) is 38.1 Å². The summed E-state index contributed by atoms with van der Waals surface area (Å²) >= 11 is 6.21. The van der Waals surface area contributed by atoms with E-state index in [0.717, 1.165) is 11.1 Å². The first-order chi connectivity index (χ1) is 12.9. The lowest BCUT2D eigenvalue weighted by molar-refractivity contribution is 0.0735. The van der Waals surface area contributed by atoms with Crippen molar-refractivity contribution in [2.24, 2.45) is 0 Å². The molecule has 0 unspecified atom stereocenters. The molecule has 0 aliphatic rings. The molecule has 0 spiro atoms. The van der Waals surface area contributed by atoms with Crippen molar-refractivity contribution >= 4 is 23.5 Å². The number of carbonyl (C=O) groups excluding carboxylic acids is 2. The van der Waals surface area contributed by atoms with Crippen molar-refractivity contribution in [3.8, 4) is 11.5 Å². The summed E-state index contributed by atoms with van der Waals surface area (Å²) in [5.41, 5.74) is 2.88. The number of aryl methyl sites for hydroxylation is 2. The number of benzene rings is 3. The highest BCUT2D eigenvalue weighted by Crippen LogP contribution is 2.25. The average molecular weight is 382 g/mol. The minimum atomic E-state index is -0.483. The quantitative estimate of drug-likeness (QED) is 0.358. The highest BCUT2D eigenvalue weighted by molar-refractivity contribution is 6.33. The molecule has 0 saturated heterocycles. The normalized spacial score (nSPS) is 10.3. The Balaban J connectivity index is 1.71. The number of esters is 2. The zero-order valence-corrected chi connectivity index (χ0v) is 15.7. The van der Waals surface area contributed by atoms with E-state index in [2.05, 4.69) is 0 Å². The van der Waals surface area contributed by atoms with Gasteiger partial charge in [0.15, 0.2) is 0 Å². The smallest absolute Gasteiger partial charge is 0.423 e. The van der Waals surface area contributed by atoms with Crippen molar-refractivity contribution in [1.82, 2.24) is 0 Å². The average Bonchev–Trinajstić information content (AvgIpc) is 2.64. The molecule has 0 aliphatic carbocycles. The molecular formula is C22H18ClO4+. The minimum Gasteiger partial charge on any atom is -0.423 e. The van der Waals surface area contributed by atoms with E-state index in [1.54, 1.807) is 30.3 Å². The van der Waals surface area contributed by atoms with Gasteiger partial charge < -0.3 is 9.53 Å². The molecule has 1 N–H and O–H groups in total. The lowest BCUT2D eigenvalue weighted by Crippen LogP contribution is -2.12. The molecule has 0 bridgehead atoms. The van der Waals surface area contributed by atoms with Crippen LogP contribution in [0.3, 0.4) is 0 Å². The van der Waals surface area contributed by atoms with Gasteiger partial charge in [-0.15, -0.1) is 0 Å². The van der Waals surface area contributed by atoms with Crippen molar-refractivity contribution in [2.45, 2.75) is 13.8 Å². The first-order valence-corrected chi connectivity index (χ1v) is 8.69. The van der Waals surface area contributed by atoms with Crippen LogP contribution in [0.15, 0.2) is 66.7 Å². The molecule has 0 fully saturated rings. The Labute approximate surface area is 162 Å². The van der Waals surface area contributed by atoms with Gasteiger partial charge in [-0.25, -0.2) is 4.79 Å². The van der Waals surface area contributed by atoms with Crippen LogP contribution in [0, 0.1) is 13.8 Å². The van der Waals surface area contributed by atoms with Gasteiger partial charge in [-0.1, -0.05) is 47.0 Å². The second kappa shape index (κ2) is 8.06. The second-order valence-electron chi connectivity index (χ2n) is 6.12. The number of ether oxygens (including phenoxy) is 2. The Hall–Kier alpha value is -3.11. The molecule has 0 saturated carbocycles. The van der Waals surface area contributed by atoms with Crippen LogP contribution in [-0.2, 0) is 0 Å². The van der Waals surface area contributed by atoms with Crippen molar-refractivity contribution in [3.05, 3.63) is 94.0 Å². The van der Waals surface area contributed by atoms with E-state index in [-0.39, 0.29) is 16.7 Å². The maximum absolute atomic E-state index is 12.2. The molecular weight excluding hydrogens is 364 g/mol. The Bertz CT molecular complexity index is 976. The largest absolute Gasteiger partial charge is 0.525 e. The van der Waals surface area contributed by atoms with Crippen LogP contribution in [0.2, 0.25) is 5.02 Å². The summed E-state index contributed by atoms with van der Waals surface area (Å²) in [5.74, 6) is -0.0512. The third-order valence-corrected chi connectivity index (χ3v) is 4.22. The van der Waals surface area contributed by atoms with Gasteiger partial charge >= 0.3 is 11.9 Å². The maximum Gasteiger partial charge on any atom is 0.525 e. The van der Waals surface area contributed by atoms with Crippen LogP contribution in [0.4, 0.5) is 0 Å². The molecule has 0 radical (unpaired) electrons. The molecule has 136 valence electrons. The standard InChI is InChI=1S/C22H17ClO4/c1-14-3-7-16(8-4-14)21(24)27-18-11-12-19(20(23)13-18)22(25)26-17-9-5-15(2)6-10-17/h3-13H,1-2H3/p+1. The molecule has 0 aromatic heterocycles. The van der Waals surface area contributed by atoms with Gasteiger partial charge in [0.05, 0.1) is 10.6 Å². The molecule has 4 nitrogen and oxygen atoms in total. The van der Waals surface area contributed by atoms with Crippen molar-refractivity contribution in [2.75, 3.05) is 0 Å². The fourth-order valence-electron chi connectivity index (χ4n) is 2.36. The van der Waals surface area contributed by atoms with E-state index >= 15 is 0 Å². The van der Waals surface area contributed by atoms with E-state index < -0.39 is 5.97 Å². The van der Waals surface area contributed by atoms with Crippen LogP contribution in [0.5, 0.6) is 11.5 Å². The molecule has 3 aromatic carbocycles. The summed E-state index contributed by atoms with van der Waals surface area (Å²) in [4.78, 5) is 22.4. The lowest BCUT2D eigenvalue weighted by atomic mass is 10.1. The van der Waals surface area contributed by atoms with Crippen molar-refractivity contribution < 1.29 is 19.1 Å². The maximum atomic E-state index is 12.2. The van der Waals surface area contributed by atoms with Crippen LogP contribution < -0.4 is 9.47 Å². The summed E-state index contributed by atoms with van der Waals surface area (Å²) in [6, 6.07) is 18.8. The van der Waals surface area contributed by atoms with Crippen LogP contribution in [0.25, 0.3) is 0 Å². The lowest BCUT2D eigenvalue weighted by Gasteiger charge is -2.06. The predicted octanol–water partition coefficient (Wildman–Crippen LogP) is 5.11. The molecule has 27 heavy (non-hydrogen) atoms. The first kappa shape index (κ1) is 18.7. The number of rotatable bonds is 4. The Kier molecular flexibility index (Phi) is 5.57. The molecule has 0 atom stereocenters. The third kappa shape index (κ3) is 4.74. The Morgan fingerprint density at radius 2 is 1.37 bits per heavy atom. The number of halogens is 1. The SMILES string of the molecule is Cc1ccc(OC(=[OH+])c2ccc(OC(=O)c3ccc(C)cc3)cc2Cl)cc1. The summed E-state index contributed by atoms with van der Waals surface area (Å²) in [5, 5.41) is 0.203. The van der Waals surface area contributed by atoms with E-state index in [1.807, 2.05) is 38.1 Å². The fraction of sp³-hybridized carbons (Fsp3) is 0.0909. The molecule has 3 rings (SSSR count). The van der Waals surface area contributed by atoms with E-state index in [9.17, 15) is 9.59 Å². The van der Waals surface area contributed by atoms with E-state index in [0.29, 0.717) is 16.9 Å².